The van der Waals surface area contributed by atoms with E-state index < -0.39 is 0 Å². The maximum Gasteiger partial charge on any atom is 0.216 e. The Morgan fingerprint density at radius 1 is 1.00 bits per heavy atom. The van der Waals surface area contributed by atoms with Gasteiger partial charge in [0.1, 0.15) is 0 Å². The molecule has 0 fully saturated rings. The maximum atomic E-state index is 11.5. The highest BCUT2D eigenvalue weighted by molar-refractivity contribution is 8.14. The summed E-state index contributed by atoms with van der Waals surface area (Å²) in [5, 5.41) is -0.0317. The molecule has 102 valence electrons. The van der Waals surface area contributed by atoms with Gasteiger partial charge in [-0.2, -0.15) is 0 Å². The fourth-order valence-electron chi connectivity index (χ4n) is 1.54. The molecule has 0 aliphatic heterocycles. The minimum absolute atomic E-state index is 0.0317. The number of carbonyl (C=O) groups excluding carboxylic acids is 1. The molecular formula is C16H14OS3. The van der Waals surface area contributed by atoms with Gasteiger partial charge in [-0.3, -0.25) is 4.79 Å². The summed E-state index contributed by atoms with van der Waals surface area (Å²) in [7, 11) is 0. The number of rotatable bonds is 5. The Labute approximate surface area is 132 Å². The number of benzene rings is 2. The van der Waals surface area contributed by atoms with Crippen molar-refractivity contribution in [1.29, 1.82) is 0 Å². The first-order valence-electron chi connectivity index (χ1n) is 5.98. The third-order valence-corrected chi connectivity index (χ3v) is 5.41. The van der Waals surface area contributed by atoms with Gasteiger partial charge in [0.15, 0.2) is 0 Å². The normalized spacial score (nSPS) is 10.2. The Kier molecular flexibility index (Phi) is 5.83. The molecule has 0 saturated heterocycles. The van der Waals surface area contributed by atoms with Crippen molar-refractivity contribution in [3.63, 3.8) is 0 Å². The number of carbonyl (C=O) groups is 1. The highest BCUT2D eigenvalue weighted by atomic mass is 32.2. The number of hydrogen-bond donors (Lipinski definition) is 0. The summed E-state index contributed by atoms with van der Waals surface area (Å²) in [5.41, 5.74) is 0. The molecule has 0 heterocycles. The maximum absolute atomic E-state index is 11.5. The first kappa shape index (κ1) is 15.3. The van der Waals surface area contributed by atoms with Crippen LogP contribution >= 0.6 is 35.3 Å². The number of thioether (sulfide) groups is 2. The lowest BCUT2D eigenvalue weighted by molar-refractivity contribution is -0.107. The van der Waals surface area contributed by atoms with Gasteiger partial charge in [-0.15, -0.1) is 11.8 Å². The highest BCUT2D eigenvalue weighted by Crippen LogP contribution is 2.36. The zero-order valence-electron chi connectivity index (χ0n) is 11.0. The second kappa shape index (κ2) is 7.62. The van der Waals surface area contributed by atoms with E-state index in [1.165, 1.54) is 27.6 Å². The van der Waals surface area contributed by atoms with Crippen LogP contribution in [0.5, 0.6) is 0 Å². The Balaban J connectivity index is 2.19. The lowest BCUT2D eigenvalue weighted by Crippen LogP contribution is -1.86. The van der Waals surface area contributed by atoms with Crippen LogP contribution < -0.4 is 0 Å². The molecule has 0 aliphatic rings. The van der Waals surface area contributed by atoms with Gasteiger partial charge in [-0.05, 0) is 60.5 Å². The second-order valence-corrected chi connectivity index (χ2v) is 6.89. The van der Waals surface area contributed by atoms with Crippen molar-refractivity contribution >= 4 is 40.4 Å². The number of hydrogen-bond acceptors (Lipinski definition) is 4. The van der Waals surface area contributed by atoms with E-state index >= 15 is 0 Å². The monoisotopic (exact) mass is 318 g/mol. The largest absolute Gasteiger partial charge is 0.282 e. The van der Waals surface area contributed by atoms with Crippen LogP contribution in [0, 0.1) is 0 Å². The van der Waals surface area contributed by atoms with E-state index in [2.05, 4.69) is 37.1 Å². The zero-order chi connectivity index (χ0) is 14.4. The molecule has 0 saturated carbocycles. The smallest absolute Gasteiger partial charge is 0.216 e. The van der Waals surface area contributed by atoms with Gasteiger partial charge in [0.25, 0.3) is 0 Å². The molecule has 0 atom stereocenters. The Morgan fingerprint density at radius 3 is 2.20 bits per heavy atom. The van der Waals surface area contributed by atoms with Crippen LogP contribution in [0.3, 0.4) is 0 Å². The quantitative estimate of drug-likeness (QED) is 0.544. The molecule has 2 aromatic rings. The van der Waals surface area contributed by atoms with Gasteiger partial charge in [0.2, 0.25) is 5.12 Å². The van der Waals surface area contributed by atoms with Gasteiger partial charge >= 0.3 is 0 Å². The molecule has 0 radical (unpaired) electrons. The molecule has 1 nitrogen and oxygen atoms in total. The summed E-state index contributed by atoms with van der Waals surface area (Å²) in [5.74, 6) is 0. The van der Waals surface area contributed by atoms with E-state index in [0.717, 1.165) is 9.79 Å². The van der Waals surface area contributed by atoms with Crippen LogP contribution in [0.15, 0.2) is 80.8 Å². The molecule has 0 unspecified atom stereocenters. The summed E-state index contributed by atoms with van der Waals surface area (Å²) in [4.78, 5) is 16.0. The molecule has 0 aromatic heterocycles. The third-order valence-electron chi connectivity index (χ3n) is 2.51. The highest BCUT2D eigenvalue weighted by Gasteiger charge is 2.07. The first-order valence-corrected chi connectivity index (χ1v) is 8.84. The van der Waals surface area contributed by atoms with Crippen LogP contribution in [0.2, 0.25) is 0 Å². The van der Waals surface area contributed by atoms with Crippen molar-refractivity contribution in [2.75, 3.05) is 6.26 Å². The van der Waals surface area contributed by atoms with Crippen molar-refractivity contribution in [3.8, 4) is 0 Å². The predicted octanol–water partition coefficient (Wildman–Crippen LogP) is 5.36. The van der Waals surface area contributed by atoms with Crippen molar-refractivity contribution in [2.45, 2.75) is 19.6 Å². The van der Waals surface area contributed by atoms with E-state index in [1.807, 2.05) is 24.3 Å². The fraction of sp³-hybridized carbons (Fsp3) is 0.0625. The SMILES string of the molecule is C=CC(=O)Sc1ccccc1Sc1ccc(SC)cc1. The van der Waals surface area contributed by atoms with Crippen molar-refractivity contribution in [3.05, 3.63) is 61.2 Å². The summed E-state index contributed by atoms with van der Waals surface area (Å²) in [6, 6.07) is 16.4. The zero-order valence-corrected chi connectivity index (χ0v) is 13.5. The molecule has 20 heavy (non-hydrogen) atoms. The van der Waals surface area contributed by atoms with Crippen LogP contribution in [0.4, 0.5) is 0 Å². The topological polar surface area (TPSA) is 17.1 Å². The van der Waals surface area contributed by atoms with E-state index in [-0.39, 0.29) is 5.12 Å². The second-order valence-electron chi connectivity index (χ2n) is 3.85. The standard InChI is InChI=1S/C16H14OS3/c1-3-16(17)20-15-7-5-4-6-14(15)19-13-10-8-12(18-2)9-11-13/h3-11H,1H2,2H3. The van der Waals surface area contributed by atoms with Crippen LogP contribution in [0.1, 0.15) is 0 Å². The van der Waals surface area contributed by atoms with Gasteiger partial charge in [-0.25, -0.2) is 0 Å². The van der Waals surface area contributed by atoms with Gasteiger partial charge < -0.3 is 0 Å². The fourth-order valence-corrected chi connectivity index (χ4v) is 3.65. The summed E-state index contributed by atoms with van der Waals surface area (Å²) < 4.78 is 0. The van der Waals surface area contributed by atoms with E-state index in [9.17, 15) is 4.79 Å². The van der Waals surface area contributed by atoms with Gasteiger partial charge in [0.05, 0.1) is 0 Å². The van der Waals surface area contributed by atoms with Crippen molar-refractivity contribution in [2.24, 2.45) is 0 Å². The molecule has 0 amide bonds. The first-order chi connectivity index (χ1) is 9.72. The molecule has 2 aromatic carbocycles. The van der Waals surface area contributed by atoms with Gasteiger partial charge in [-0.1, -0.05) is 30.5 Å². The predicted molar refractivity (Wildman–Crippen MR) is 89.8 cm³/mol. The molecule has 2 rings (SSSR count). The van der Waals surface area contributed by atoms with Crippen LogP contribution in [0.25, 0.3) is 0 Å². The van der Waals surface area contributed by atoms with E-state index in [0.29, 0.717) is 0 Å². The molecule has 0 aliphatic carbocycles. The lowest BCUT2D eigenvalue weighted by atomic mass is 10.4. The van der Waals surface area contributed by atoms with E-state index in [1.54, 1.807) is 23.5 Å². The molecule has 0 N–H and O–H groups in total. The Hall–Kier alpha value is -1.10. The summed E-state index contributed by atoms with van der Waals surface area (Å²) >= 11 is 4.61. The van der Waals surface area contributed by atoms with Gasteiger partial charge in [0, 0.05) is 19.6 Å². The van der Waals surface area contributed by atoms with E-state index in [4.69, 9.17) is 0 Å². The Morgan fingerprint density at radius 2 is 1.60 bits per heavy atom. The molecular weight excluding hydrogens is 304 g/mol. The minimum atomic E-state index is -0.0317. The minimum Gasteiger partial charge on any atom is -0.282 e. The van der Waals surface area contributed by atoms with Crippen LogP contribution in [-0.4, -0.2) is 11.4 Å². The van der Waals surface area contributed by atoms with Crippen LogP contribution in [-0.2, 0) is 4.79 Å². The lowest BCUT2D eigenvalue weighted by Gasteiger charge is -2.07. The Bertz CT molecular complexity index is 605. The van der Waals surface area contributed by atoms with Crippen molar-refractivity contribution < 1.29 is 4.79 Å². The van der Waals surface area contributed by atoms with Crippen molar-refractivity contribution in [1.82, 2.24) is 0 Å². The molecule has 0 bridgehead atoms. The average Bonchev–Trinajstić information content (AvgIpc) is 2.50. The summed E-state index contributed by atoms with van der Waals surface area (Å²) in [6.07, 6.45) is 3.41. The molecule has 0 spiro atoms. The molecule has 4 heteroatoms. The summed E-state index contributed by atoms with van der Waals surface area (Å²) in [6.45, 7) is 3.51. The average molecular weight is 318 g/mol. The third kappa shape index (κ3) is 4.20.